The fourth-order valence-electron chi connectivity index (χ4n) is 5.49. The molecule has 11 nitrogen and oxygen atoms in total. The van der Waals surface area contributed by atoms with E-state index in [9.17, 15) is 29.4 Å². The van der Waals surface area contributed by atoms with Gasteiger partial charge in [-0.15, -0.1) is 0 Å². The number of aliphatic carboxylic acids is 2. The van der Waals surface area contributed by atoms with Gasteiger partial charge in [0, 0.05) is 23.0 Å². The quantitative estimate of drug-likeness (QED) is 0.332. The van der Waals surface area contributed by atoms with Crippen molar-refractivity contribution in [3.05, 3.63) is 77.0 Å². The molecule has 3 amide bonds. The first kappa shape index (κ1) is 28.5. The number of carboxylic acid groups (broad SMARTS) is 2. The molecule has 0 radical (unpaired) electrons. The third-order valence-electron chi connectivity index (χ3n) is 7.37. The van der Waals surface area contributed by atoms with Gasteiger partial charge in [0.25, 0.3) is 5.91 Å². The van der Waals surface area contributed by atoms with E-state index in [-0.39, 0.29) is 23.7 Å². The van der Waals surface area contributed by atoms with Gasteiger partial charge in [0.1, 0.15) is 5.92 Å². The van der Waals surface area contributed by atoms with Crippen molar-refractivity contribution in [3.8, 4) is 0 Å². The number of carbonyl (C=O) groups excluding carboxylic acids is 2. The summed E-state index contributed by atoms with van der Waals surface area (Å²) in [4.78, 5) is 55.1. The highest BCUT2D eigenvalue weighted by Gasteiger charge is 2.41. The Bertz CT molecular complexity index is 1350. The monoisotopic (exact) mass is 547 g/mol. The molecule has 11 heteroatoms. The molecule has 2 atom stereocenters. The van der Waals surface area contributed by atoms with Crippen molar-refractivity contribution < 1.29 is 29.4 Å². The minimum atomic E-state index is -1.26. The van der Waals surface area contributed by atoms with Crippen molar-refractivity contribution in [2.45, 2.75) is 38.5 Å². The van der Waals surface area contributed by atoms with Crippen LogP contribution in [0.4, 0.5) is 10.5 Å². The SMILES string of the molecule is CC1=NC(C)=C(C(=O)O)C(c2cccc(NC(=O)NNC(=O)CN3CCC(c4ccccc4)CC3)c2)C1C(=O)O. The molecule has 2 aliphatic heterocycles. The summed E-state index contributed by atoms with van der Waals surface area (Å²) in [5, 5.41) is 22.2. The van der Waals surface area contributed by atoms with E-state index in [2.05, 4.69) is 33.3 Å². The highest BCUT2D eigenvalue weighted by molar-refractivity contribution is 6.06. The predicted octanol–water partition coefficient (Wildman–Crippen LogP) is 3.34. The number of anilines is 1. The topological polar surface area (TPSA) is 160 Å². The molecule has 0 bridgehead atoms. The number of nitrogens with zero attached hydrogens (tertiary/aromatic N) is 2. The van der Waals surface area contributed by atoms with Gasteiger partial charge in [0.05, 0.1) is 12.1 Å². The Balaban J connectivity index is 1.32. The summed E-state index contributed by atoms with van der Waals surface area (Å²) in [6, 6.07) is 15.9. The molecule has 2 aromatic rings. The van der Waals surface area contributed by atoms with E-state index >= 15 is 0 Å². The number of carboxylic acids is 2. The van der Waals surface area contributed by atoms with Gasteiger partial charge in [-0.05, 0) is 69.0 Å². The number of aliphatic imine (C=N–C) groups is 1. The maximum atomic E-state index is 12.5. The van der Waals surface area contributed by atoms with Gasteiger partial charge in [-0.25, -0.2) is 15.0 Å². The number of allylic oxidation sites excluding steroid dienone is 1. The van der Waals surface area contributed by atoms with E-state index in [0.717, 1.165) is 25.9 Å². The van der Waals surface area contributed by atoms with E-state index in [0.29, 0.717) is 22.9 Å². The summed E-state index contributed by atoms with van der Waals surface area (Å²) in [7, 11) is 0. The van der Waals surface area contributed by atoms with E-state index in [1.165, 1.54) is 18.6 Å². The number of hydrogen-bond donors (Lipinski definition) is 5. The number of amides is 3. The first-order chi connectivity index (χ1) is 19.1. The molecule has 40 heavy (non-hydrogen) atoms. The third kappa shape index (κ3) is 6.73. The molecule has 210 valence electrons. The smallest absolute Gasteiger partial charge is 0.337 e. The van der Waals surface area contributed by atoms with Crippen LogP contribution in [-0.4, -0.2) is 64.3 Å². The lowest BCUT2D eigenvalue weighted by atomic mass is 9.75. The minimum Gasteiger partial charge on any atom is -0.481 e. The Hall–Kier alpha value is -4.51. The standard InChI is InChI=1S/C29H33N5O6/c1-17-24(27(36)37)26(25(28(38)39)18(2)30-17)21-9-6-10-22(15-21)31-29(40)33-32-23(35)16-34-13-11-20(12-14-34)19-7-4-3-5-8-19/h3-10,15,20,24,26H,11-14,16H2,1-2H3,(H,32,35)(H,36,37)(H,38,39)(H2,31,33,40). The fraction of sp³-hybridized carbons (Fsp3) is 0.345. The molecular formula is C29H33N5O6. The zero-order chi connectivity index (χ0) is 28.8. The van der Waals surface area contributed by atoms with Crippen molar-refractivity contribution in [1.82, 2.24) is 15.8 Å². The van der Waals surface area contributed by atoms with Crippen LogP contribution in [0.1, 0.15) is 49.7 Å². The molecule has 0 spiro atoms. The zero-order valence-electron chi connectivity index (χ0n) is 22.4. The molecule has 2 unspecified atom stereocenters. The van der Waals surface area contributed by atoms with E-state index in [1.54, 1.807) is 25.1 Å². The summed E-state index contributed by atoms with van der Waals surface area (Å²) < 4.78 is 0. The van der Waals surface area contributed by atoms with Crippen LogP contribution in [-0.2, 0) is 14.4 Å². The predicted molar refractivity (Wildman–Crippen MR) is 149 cm³/mol. The normalized spacial score (nSPS) is 19.9. The van der Waals surface area contributed by atoms with Crippen molar-refractivity contribution >= 4 is 35.3 Å². The van der Waals surface area contributed by atoms with Gasteiger partial charge < -0.3 is 15.5 Å². The van der Waals surface area contributed by atoms with Crippen LogP contribution in [0, 0.1) is 5.92 Å². The van der Waals surface area contributed by atoms with Crippen LogP contribution in [0.25, 0.3) is 0 Å². The maximum absolute atomic E-state index is 12.5. The van der Waals surface area contributed by atoms with Gasteiger partial charge in [-0.1, -0.05) is 42.5 Å². The molecule has 5 N–H and O–H groups in total. The van der Waals surface area contributed by atoms with E-state index in [4.69, 9.17) is 0 Å². The number of carbonyl (C=O) groups is 4. The molecule has 2 heterocycles. The first-order valence-electron chi connectivity index (χ1n) is 13.1. The Labute approximate surface area is 232 Å². The number of piperidine rings is 1. The zero-order valence-corrected chi connectivity index (χ0v) is 22.4. The fourth-order valence-corrected chi connectivity index (χ4v) is 5.49. The minimum absolute atomic E-state index is 0.111. The van der Waals surface area contributed by atoms with Crippen LogP contribution in [0.2, 0.25) is 0 Å². The van der Waals surface area contributed by atoms with E-state index in [1.807, 2.05) is 23.1 Å². The second-order valence-electron chi connectivity index (χ2n) is 10.1. The van der Waals surface area contributed by atoms with Crippen molar-refractivity contribution in [2.75, 3.05) is 25.0 Å². The van der Waals surface area contributed by atoms with Crippen molar-refractivity contribution in [2.24, 2.45) is 10.9 Å². The largest absolute Gasteiger partial charge is 0.481 e. The molecule has 1 saturated heterocycles. The number of likely N-dealkylation sites (tertiary alicyclic amines) is 1. The molecule has 1 fully saturated rings. The Morgan fingerprint density at radius 2 is 1.60 bits per heavy atom. The highest BCUT2D eigenvalue weighted by atomic mass is 16.4. The number of benzene rings is 2. The van der Waals surface area contributed by atoms with Gasteiger partial charge in [0.15, 0.2) is 0 Å². The van der Waals surface area contributed by atoms with Crippen LogP contribution in [0.3, 0.4) is 0 Å². The maximum Gasteiger partial charge on any atom is 0.337 e. The van der Waals surface area contributed by atoms with Crippen molar-refractivity contribution in [3.63, 3.8) is 0 Å². The number of rotatable bonds is 7. The van der Waals surface area contributed by atoms with Crippen LogP contribution < -0.4 is 16.2 Å². The summed E-state index contributed by atoms with van der Waals surface area (Å²) in [5.74, 6) is -4.50. The molecule has 0 saturated carbocycles. The number of urea groups is 1. The average Bonchev–Trinajstić information content (AvgIpc) is 2.92. The summed E-state index contributed by atoms with van der Waals surface area (Å²) in [5.41, 5.74) is 7.17. The summed E-state index contributed by atoms with van der Waals surface area (Å²) >= 11 is 0. The lowest BCUT2D eigenvalue weighted by molar-refractivity contribution is -0.140. The Morgan fingerprint density at radius 3 is 2.25 bits per heavy atom. The van der Waals surface area contributed by atoms with Gasteiger partial charge >= 0.3 is 18.0 Å². The lowest BCUT2D eigenvalue weighted by Gasteiger charge is -2.31. The van der Waals surface area contributed by atoms with Crippen LogP contribution in [0.5, 0.6) is 0 Å². The molecule has 0 aromatic heterocycles. The second kappa shape index (κ2) is 12.6. The molecule has 0 aliphatic carbocycles. The highest BCUT2D eigenvalue weighted by Crippen LogP contribution is 2.39. The van der Waals surface area contributed by atoms with Gasteiger partial charge in [-0.3, -0.25) is 24.9 Å². The summed E-state index contributed by atoms with van der Waals surface area (Å²) in [6.45, 7) is 4.79. The molecule has 2 aliphatic rings. The molecule has 2 aromatic carbocycles. The van der Waals surface area contributed by atoms with Crippen LogP contribution >= 0.6 is 0 Å². The van der Waals surface area contributed by atoms with Gasteiger partial charge in [0.2, 0.25) is 0 Å². The average molecular weight is 548 g/mol. The molecular weight excluding hydrogens is 514 g/mol. The van der Waals surface area contributed by atoms with Crippen molar-refractivity contribution in [1.29, 1.82) is 0 Å². The van der Waals surface area contributed by atoms with Crippen LogP contribution in [0.15, 0.2) is 70.9 Å². The Morgan fingerprint density at radius 1 is 0.925 bits per heavy atom. The number of hydrogen-bond acceptors (Lipinski definition) is 6. The third-order valence-corrected chi connectivity index (χ3v) is 7.37. The van der Waals surface area contributed by atoms with Gasteiger partial charge in [-0.2, -0.15) is 0 Å². The number of hydrazine groups is 1. The lowest BCUT2D eigenvalue weighted by Crippen LogP contribution is -2.49. The number of nitrogens with one attached hydrogen (secondary N) is 3. The second-order valence-corrected chi connectivity index (χ2v) is 10.1. The first-order valence-corrected chi connectivity index (χ1v) is 13.1. The Kier molecular flexibility index (Phi) is 8.95. The summed E-state index contributed by atoms with van der Waals surface area (Å²) in [6.07, 6.45) is 1.91. The molecule has 4 rings (SSSR count). The van der Waals surface area contributed by atoms with E-state index < -0.39 is 29.8 Å².